The number of oxazole rings is 1. The molecule has 0 aliphatic rings. The topological polar surface area (TPSA) is 78.3 Å². The molecule has 6 heteroatoms. The summed E-state index contributed by atoms with van der Waals surface area (Å²) in [4.78, 5) is 4.22. The van der Waals surface area contributed by atoms with Crippen LogP contribution in [-0.4, -0.2) is 28.2 Å². The van der Waals surface area contributed by atoms with Gasteiger partial charge in [-0.1, -0.05) is 6.92 Å². The predicted octanol–water partition coefficient (Wildman–Crippen LogP) is 1.94. The lowest BCUT2D eigenvalue weighted by Crippen LogP contribution is -2.13. The van der Waals surface area contributed by atoms with Gasteiger partial charge in [0.15, 0.2) is 5.58 Å². The van der Waals surface area contributed by atoms with Gasteiger partial charge in [0.1, 0.15) is 16.3 Å². The smallest absolute Gasteiger partial charge is 0.288 e. The lowest BCUT2D eigenvalue weighted by atomic mass is 10.3. The van der Waals surface area contributed by atoms with Crippen LogP contribution in [0.5, 0.6) is 0 Å². The molecule has 2 rings (SSSR count). The van der Waals surface area contributed by atoms with Gasteiger partial charge in [0.05, 0.1) is 0 Å². The molecular formula is C12H16N2O3S. The molecule has 0 radical (unpaired) electrons. The first-order chi connectivity index (χ1) is 8.61. The summed E-state index contributed by atoms with van der Waals surface area (Å²) in [5, 5.41) is 0.189. The fraction of sp³-hybridized carbons (Fsp3) is 0.417. The van der Waals surface area contributed by atoms with Gasteiger partial charge in [-0.3, -0.25) is 0 Å². The maximum Gasteiger partial charge on any atom is 0.288 e. The summed E-state index contributed by atoms with van der Waals surface area (Å²) in [6, 6.07) is 5.18. The molecule has 0 aliphatic carbocycles. The molecule has 0 spiro atoms. The molecule has 0 saturated heterocycles. The van der Waals surface area contributed by atoms with Crippen molar-refractivity contribution in [2.24, 2.45) is 0 Å². The van der Waals surface area contributed by atoms with Crippen molar-refractivity contribution in [2.75, 3.05) is 19.5 Å². The Kier molecular flexibility index (Phi) is 3.98. The second-order valence-electron chi connectivity index (χ2n) is 4.10. The van der Waals surface area contributed by atoms with Gasteiger partial charge in [-0.05, 0) is 18.6 Å². The summed E-state index contributed by atoms with van der Waals surface area (Å²) >= 11 is 0. The Balaban J connectivity index is 2.22. The van der Waals surface area contributed by atoms with Gasteiger partial charge in [-0.15, -0.1) is 0 Å². The number of anilines is 1. The third-order valence-electron chi connectivity index (χ3n) is 2.66. The number of aromatic nitrogens is 1. The number of nitrogens with two attached hydrogens (primary N) is 1. The van der Waals surface area contributed by atoms with Crippen molar-refractivity contribution in [1.29, 1.82) is 0 Å². The van der Waals surface area contributed by atoms with Crippen LogP contribution in [0.25, 0.3) is 11.1 Å². The maximum absolute atomic E-state index is 12.2. The first-order valence-electron chi connectivity index (χ1n) is 5.67. The number of hydrogen-bond acceptors (Lipinski definition) is 5. The second-order valence-corrected chi connectivity index (χ2v) is 5.85. The number of fused-ring (bicyclic) bond motifs is 1. The van der Waals surface area contributed by atoms with Crippen LogP contribution in [0.3, 0.4) is 0 Å². The van der Waals surface area contributed by atoms with E-state index in [2.05, 4.69) is 4.98 Å². The number of ether oxygens (including phenoxy) is 1. The van der Waals surface area contributed by atoms with Gasteiger partial charge in [0.2, 0.25) is 0 Å². The number of rotatable bonds is 5. The van der Waals surface area contributed by atoms with E-state index < -0.39 is 10.8 Å². The minimum absolute atomic E-state index is 0.0599. The number of benzene rings is 1. The number of nitrogen functional groups attached to an aromatic ring is 1. The minimum atomic E-state index is -1.27. The standard InChI is InChI=1S/C12H16N2O3S/c1-8(5-6-16-2)18(15)12-14-10-4-3-9(13)7-11(10)17-12/h3-4,7-8H,5-6,13H2,1-2H3. The Labute approximate surface area is 108 Å². The fourth-order valence-electron chi connectivity index (χ4n) is 1.57. The summed E-state index contributed by atoms with van der Waals surface area (Å²) in [5.74, 6) is 0. The molecule has 18 heavy (non-hydrogen) atoms. The summed E-state index contributed by atoms with van der Waals surface area (Å²) in [5.41, 5.74) is 7.49. The normalized spacial score (nSPS) is 14.8. The summed E-state index contributed by atoms with van der Waals surface area (Å²) in [7, 11) is 0.355. The molecule has 1 aromatic carbocycles. The van der Waals surface area contributed by atoms with Crippen molar-refractivity contribution < 1.29 is 13.4 Å². The molecule has 2 unspecified atom stereocenters. The zero-order valence-corrected chi connectivity index (χ0v) is 11.2. The van der Waals surface area contributed by atoms with E-state index in [0.717, 1.165) is 0 Å². The van der Waals surface area contributed by atoms with Crippen molar-refractivity contribution in [3.05, 3.63) is 18.2 Å². The Morgan fingerprint density at radius 2 is 2.33 bits per heavy atom. The van der Waals surface area contributed by atoms with Gasteiger partial charge in [-0.25, -0.2) is 9.19 Å². The van der Waals surface area contributed by atoms with E-state index in [0.29, 0.717) is 29.8 Å². The van der Waals surface area contributed by atoms with Gasteiger partial charge >= 0.3 is 0 Å². The molecule has 0 saturated carbocycles. The van der Waals surface area contributed by atoms with E-state index in [1.54, 1.807) is 25.3 Å². The Morgan fingerprint density at radius 1 is 1.56 bits per heavy atom. The van der Waals surface area contributed by atoms with E-state index in [1.165, 1.54) is 0 Å². The molecule has 2 N–H and O–H groups in total. The molecule has 0 aliphatic heterocycles. The van der Waals surface area contributed by atoms with E-state index in [-0.39, 0.29) is 10.5 Å². The Bertz CT molecular complexity index is 567. The highest BCUT2D eigenvalue weighted by Gasteiger charge is 2.19. The van der Waals surface area contributed by atoms with Crippen LogP contribution in [0.15, 0.2) is 27.8 Å². The zero-order valence-electron chi connectivity index (χ0n) is 10.4. The van der Waals surface area contributed by atoms with Crippen LogP contribution in [0.4, 0.5) is 5.69 Å². The lowest BCUT2D eigenvalue weighted by Gasteiger charge is -2.06. The SMILES string of the molecule is COCCC(C)S(=O)c1nc2ccc(N)cc2o1. The average Bonchev–Trinajstić information content (AvgIpc) is 2.77. The van der Waals surface area contributed by atoms with Gasteiger partial charge < -0.3 is 14.9 Å². The number of hydrogen-bond donors (Lipinski definition) is 1. The highest BCUT2D eigenvalue weighted by Crippen LogP contribution is 2.22. The van der Waals surface area contributed by atoms with Crippen LogP contribution < -0.4 is 5.73 Å². The molecule has 0 amide bonds. The average molecular weight is 268 g/mol. The number of nitrogens with zero attached hydrogens (tertiary/aromatic N) is 1. The monoisotopic (exact) mass is 268 g/mol. The summed E-state index contributed by atoms with van der Waals surface area (Å²) in [6.07, 6.45) is 0.698. The molecular weight excluding hydrogens is 252 g/mol. The zero-order chi connectivity index (χ0) is 13.1. The quantitative estimate of drug-likeness (QED) is 0.838. The Morgan fingerprint density at radius 3 is 3.06 bits per heavy atom. The van der Waals surface area contributed by atoms with Crippen LogP contribution in [0, 0.1) is 0 Å². The fourth-order valence-corrected chi connectivity index (χ4v) is 2.58. The van der Waals surface area contributed by atoms with E-state index in [1.807, 2.05) is 6.92 Å². The van der Waals surface area contributed by atoms with E-state index in [4.69, 9.17) is 14.9 Å². The third kappa shape index (κ3) is 2.70. The molecule has 1 aromatic heterocycles. The predicted molar refractivity (Wildman–Crippen MR) is 70.8 cm³/mol. The molecule has 98 valence electrons. The first-order valence-corrected chi connectivity index (χ1v) is 6.88. The molecule has 0 bridgehead atoms. The maximum atomic E-state index is 12.2. The highest BCUT2D eigenvalue weighted by atomic mass is 32.2. The summed E-state index contributed by atoms with van der Waals surface area (Å²) in [6.45, 7) is 2.46. The number of methoxy groups -OCH3 is 1. The highest BCUT2D eigenvalue weighted by molar-refractivity contribution is 7.85. The van der Waals surface area contributed by atoms with Gasteiger partial charge in [0.25, 0.3) is 5.22 Å². The van der Waals surface area contributed by atoms with Crippen molar-refractivity contribution in [3.8, 4) is 0 Å². The molecule has 2 atom stereocenters. The van der Waals surface area contributed by atoms with Gasteiger partial charge in [-0.2, -0.15) is 0 Å². The van der Waals surface area contributed by atoms with E-state index in [9.17, 15) is 4.21 Å². The van der Waals surface area contributed by atoms with Crippen molar-refractivity contribution >= 4 is 27.6 Å². The van der Waals surface area contributed by atoms with Crippen molar-refractivity contribution in [2.45, 2.75) is 23.8 Å². The van der Waals surface area contributed by atoms with Crippen LogP contribution in [0.2, 0.25) is 0 Å². The van der Waals surface area contributed by atoms with Gasteiger partial charge in [0, 0.05) is 30.7 Å². The first kappa shape index (κ1) is 13.0. The van der Waals surface area contributed by atoms with Crippen LogP contribution in [0.1, 0.15) is 13.3 Å². The molecule has 5 nitrogen and oxygen atoms in total. The third-order valence-corrected chi connectivity index (χ3v) is 4.14. The molecule has 2 aromatic rings. The Hall–Kier alpha value is -1.40. The minimum Gasteiger partial charge on any atom is -0.430 e. The lowest BCUT2D eigenvalue weighted by molar-refractivity contribution is 0.195. The van der Waals surface area contributed by atoms with E-state index >= 15 is 0 Å². The second kappa shape index (κ2) is 5.49. The van der Waals surface area contributed by atoms with Crippen LogP contribution >= 0.6 is 0 Å². The largest absolute Gasteiger partial charge is 0.430 e. The molecule has 1 heterocycles. The van der Waals surface area contributed by atoms with Crippen LogP contribution in [-0.2, 0) is 15.5 Å². The molecule has 0 fully saturated rings. The summed E-state index contributed by atoms with van der Waals surface area (Å²) < 4.78 is 22.6. The van der Waals surface area contributed by atoms with Crippen molar-refractivity contribution in [3.63, 3.8) is 0 Å². The van der Waals surface area contributed by atoms with Crippen molar-refractivity contribution in [1.82, 2.24) is 4.98 Å².